The third kappa shape index (κ3) is 3.43. The maximum absolute atomic E-state index is 11.4. The Morgan fingerprint density at radius 1 is 1.60 bits per heavy atom. The van der Waals surface area contributed by atoms with Crippen LogP contribution in [-0.4, -0.2) is 16.6 Å². The Morgan fingerprint density at radius 3 is 2.87 bits per heavy atom. The second-order valence-electron chi connectivity index (χ2n) is 3.18. The van der Waals surface area contributed by atoms with Crippen molar-refractivity contribution < 1.29 is 4.74 Å². The highest BCUT2D eigenvalue weighted by Crippen LogP contribution is 2.18. The molecule has 1 heterocycles. The molecule has 15 heavy (non-hydrogen) atoms. The number of nitrogens with one attached hydrogen (secondary N) is 1. The van der Waals surface area contributed by atoms with Gasteiger partial charge >= 0.3 is 0 Å². The monoisotopic (exact) mass is 274 g/mol. The fraction of sp³-hybridized carbons (Fsp3) is 0.600. The molecule has 1 N–H and O–H groups in total. The van der Waals surface area contributed by atoms with Crippen molar-refractivity contribution in [1.82, 2.24) is 9.97 Å². The maximum Gasteiger partial charge on any atom is 0.265 e. The predicted molar refractivity (Wildman–Crippen MR) is 61.8 cm³/mol. The maximum atomic E-state index is 11.4. The largest absolute Gasteiger partial charge is 0.371 e. The summed E-state index contributed by atoms with van der Waals surface area (Å²) in [5, 5.41) is 0. The van der Waals surface area contributed by atoms with Crippen molar-refractivity contribution in [2.75, 3.05) is 6.61 Å². The highest BCUT2D eigenvalue weighted by Gasteiger charge is 2.13. The minimum absolute atomic E-state index is 0.110. The Balaban J connectivity index is 2.90. The van der Waals surface area contributed by atoms with E-state index in [4.69, 9.17) is 4.74 Å². The Hall–Kier alpha value is -0.680. The molecule has 4 nitrogen and oxygen atoms in total. The van der Waals surface area contributed by atoms with E-state index in [1.807, 2.05) is 6.92 Å². The van der Waals surface area contributed by atoms with Gasteiger partial charge in [0, 0.05) is 12.8 Å². The molecular formula is C10H15BrN2O2. The van der Waals surface area contributed by atoms with Gasteiger partial charge in [0.2, 0.25) is 0 Å². The minimum atomic E-state index is -0.166. The van der Waals surface area contributed by atoms with E-state index in [1.165, 1.54) is 6.20 Å². The third-order valence-electron chi connectivity index (χ3n) is 2.00. The van der Waals surface area contributed by atoms with Crippen LogP contribution in [0, 0.1) is 0 Å². The van der Waals surface area contributed by atoms with E-state index in [0.717, 1.165) is 12.8 Å². The molecule has 0 aliphatic carbocycles. The highest BCUT2D eigenvalue weighted by molar-refractivity contribution is 9.10. The minimum Gasteiger partial charge on any atom is -0.371 e. The molecule has 0 aliphatic rings. The number of halogens is 1. The van der Waals surface area contributed by atoms with Crippen molar-refractivity contribution in [2.45, 2.75) is 32.8 Å². The van der Waals surface area contributed by atoms with Crippen LogP contribution in [0.3, 0.4) is 0 Å². The summed E-state index contributed by atoms with van der Waals surface area (Å²) in [6, 6.07) is 0. The van der Waals surface area contributed by atoms with E-state index in [1.54, 1.807) is 0 Å². The number of rotatable bonds is 5. The van der Waals surface area contributed by atoms with E-state index in [0.29, 0.717) is 16.9 Å². The van der Waals surface area contributed by atoms with Crippen LogP contribution in [0.25, 0.3) is 0 Å². The molecular weight excluding hydrogens is 260 g/mol. The van der Waals surface area contributed by atoms with Gasteiger partial charge in [-0.1, -0.05) is 13.3 Å². The highest BCUT2D eigenvalue weighted by atomic mass is 79.9. The lowest BCUT2D eigenvalue weighted by Gasteiger charge is -2.14. The number of ether oxygens (including phenoxy) is 1. The van der Waals surface area contributed by atoms with Gasteiger partial charge in [-0.25, -0.2) is 4.98 Å². The van der Waals surface area contributed by atoms with Gasteiger partial charge in [0.15, 0.2) is 0 Å². The summed E-state index contributed by atoms with van der Waals surface area (Å²) in [6.07, 6.45) is 3.25. The Bertz CT molecular complexity index is 359. The Morgan fingerprint density at radius 2 is 2.33 bits per heavy atom. The van der Waals surface area contributed by atoms with Crippen molar-refractivity contribution in [3.05, 3.63) is 26.8 Å². The van der Waals surface area contributed by atoms with Gasteiger partial charge in [-0.15, -0.1) is 0 Å². The van der Waals surface area contributed by atoms with Gasteiger partial charge in [0.1, 0.15) is 16.4 Å². The number of hydrogen-bond acceptors (Lipinski definition) is 3. The molecule has 0 aliphatic heterocycles. The second-order valence-corrected chi connectivity index (χ2v) is 4.03. The van der Waals surface area contributed by atoms with Crippen LogP contribution in [0.15, 0.2) is 15.5 Å². The molecule has 1 unspecified atom stereocenters. The SMILES string of the molecule is CCCC(OCC)c1ncc(Br)c(=O)[nH]1. The number of hydrogen-bond donors (Lipinski definition) is 1. The summed E-state index contributed by atoms with van der Waals surface area (Å²) < 4.78 is 5.96. The number of nitrogens with zero attached hydrogens (tertiary/aromatic N) is 1. The molecule has 1 aromatic rings. The summed E-state index contributed by atoms with van der Waals surface area (Å²) in [5.74, 6) is 0.604. The predicted octanol–water partition coefficient (Wildman–Crippen LogP) is 2.41. The zero-order chi connectivity index (χ0) is 11.3. The molecule has 0 spiro atoms. The molecule has 5 heteroatoms. The van der Waals surface area contributed by atoms with Crippen LogP contribution in [0.5, 0.6) is 0 Å². The number of aromatic nitrogens is 2. The molecule has 0 aromatic carbocycles. The van der Waals surface area contributed by atoms with Crippen LogP contribution in [0.1, 0.15) is 38.6 Å². The van der Waals surface area contributed by atoms with Crippen molar-refractivity contribution in [1.29, 1.82) is 0 Å². The summed E-state index contributed by atoms with van der Waals surface area (Å²) in [7, 11) is 0. The summed E-state index contributed by atoms with van der Waals surface area (Å²) in [6.45, 7) is 4.62. The lowest BCUT2D eigenvalue weighted by atomic mass is 10.2. The fourth-order valence-electron chi connectivity index (χ4n) is 1.32. The van der Waals surface area contributed by atoms with E-state index in [-0.39, 0.29) is 11.7 Å². The van der Waals surface area contributed by atoms with Crippen molar-refractivity contribution in [2.24, 2.45) is 0 Å². The van der Waals surface area contributed by atoms with Crippen LogP contribution < -0.4 is 5.56 Å². The summed E-state index contributed by atoms with van der Waals surface area (Å²) in [4.78, 5) is 18.2. The number of H-pyrrole nitrogens is 1. The number of aromatic amines is 1. The molecule has 1 rings (SSSR count). The second kappa shape index (κ2) is 6.02. The van der Waals surface area contributed by atoms with Gasteiger partial charge in [-0.05, 0) is 29.3 Å². The topological polar surface area (TPSA) is 55.0 Å². The first-order valence-electron chi connectivity index (χ1n) is 5.05. The quantitative estimate of drug-likeness (QED) is 0.897. The van der Waals surface area contributed by atoms with Gasteiger partial charge in [-0.3, -0.25) is 4.79 Å². The van der Waals surface area contributed by atoms with Crippen LogP contribution >= 0.6 is 15.9 Å². The summed E-state index contributed by atoms with van der Waals surface area (Å²) in [5.41, 5.74) is -0.166. The molecule has 0 fully saturated rings. The smallest absolute Gasteiger partial charge is 0.265 e. The third-order valence-corrected chi connectivity index (χ3v) is 2.56. The molecule has 0 amide bonds. The van der Waals surface area contributed by atoms with E-state index in [9.17, 15) is 4.79 Å². The Kier molecular flexibility index (Phi) is 4.98. The van der Waals surface area contributed by atoms with Gasteiger partial charge < -0.3 is 9.72 Å². The average Bonchev–Trinajstić information content (AvgIpc) is 2.22. The molecule has 1 atom stereocenters. The fourth-order valence-corrected chi connectivity index (χ4v) is 1.52. The lowest BCUT2D eigenvalue weighted by Crippen LogP contribution is -2.16. The zero-order valence-electron chi connectivity index (χ0n) is 8.92. The Labute approximate surface area is 97.2 Å². The molecule has 0 saturated carbocycles. The molecule has 84 valence electrons. The summed E-state index contributed by atoms with van der Waals surface area (Å²) >= 11 is 3.11. The van der Waals surface area contributed by atoms with Crippen LogP contribution in [-0.2, 0) is 4.74 Å². The van der Waals surface area contributed by atoms with E-state index < -0.39 is 0 Å². The van der Waals surface area contributed by atoms with Crippen molar-refractivity contribution in [3.8, 4) is 0 Å². The first-order valence-corrected chi connectivity index (χ1v) is 5.84. The van der Waals surface area contributed by atoms with Crippen molar-refractivity contribution >= 4 is 15.9 Å². The molecule has 0 saturated heterocycles. The van der Waals surface area contributed by atoms with Crippen LogP contribution in [0.4, 0.5) is 0 Å². The lowest BCUT2D eigenvalue weighted by molar-refractivity contribution is 0.0491. The van der Waals surface area contributed by atoms with Crippen LogP contribution in [0.2, 0.25) is 0 Å². The average molecular weight is 275 g/mol. The van der Waals surface area contributed by atoms with Crippen molar-refractivity contribution in [3.63, 3.8) is 0 Å². The first-order chi connectivity index (χ1) is 7.19. The van der Waals surface area contributed by atoms with Gasteiger partial charge in [0.05, 0.1) is 0 Å². The van der Waals surface area contributed by atoms with Gasteiger partial charge in [-0.2, -0.15) is 0 Å². The van der Waals surface area contributed by atoms with Gasteiger partial charge in [0.25, 0.3) is 5.56 Å². The zero-order valence-corrected chi connectivity index (χ0v) is 10.5. The normalized spacial score (nSPS) is 12.7. The van der Waals surface area contributed by atoms with E-state index in [2.05, 4.69) is 32.8 Å². The first kappa shape index (κ1) is 12.4. The molecule has 0 radical (unpaired) electrons. The molecule has 0 bridgehead atoms. The molecule has 1 aromatic heterocycles. The standard InChI is InChI=1S/C10H15BrN2O2/c1-3-5-8(15-4-2)9-12-6-7(11)10(14)13-9/h6,8H,3-5H2,1-2H3,(H,12,13,14). The van der Waals surface area contributed by atoms with E-state index >= 15 is 0 Å².